The second-order valence-electron chi connectivity index (χ2n) is 3.43. The van der Waals surface area contributed by atoms with Crippen LogP contribution < -0.4 is 5.32 Å². The number of hydrogen-bond acceptors (Lipinski definition) is 2. The van der Waals surface area contributed by atoms with Crippen LogP contribution >= 0.6 is 0 Å². The number of nitrogens with one attached hydrogen (secondary N) is 1. The molecule has 1 fully saturated rings. The van der Waals surface area contributed by atoms with E-state index in [4.69, 9.17) is 4.74 Å². The first kappa shape index (κ1) is 8.73. The number of ether oxygens (including phenoxy) is 1. The molecule has 0 saturated carbocycles. The molecule has 2 nitrogen and oxygen atoms in total. The molecule has 1 unspecified atom stereocenters. The van der Waals surface area contributed by atoms with Crippen LogP contribution in [0.5, 0.6) is 0 Å². The van der Waals surface area contributed by atoms with E-state index in [1.165, 1.54) is 12.0 Å². The van der Waals surface area contributed by atoms with Crippen molar-refractivity contribution in [2.24, 2.45) is 0 Å². The van der Waals surface area contributed by atoms with E-state index in [0.29, 0.717) is 0 Å². The summed E-state index contributed by atoms with van der Waals surface area (Å²) < 4.78 is 5.57. The van der Waals surface area contributed by atoms with Crippen LogP contribution in [0.25, 0.3) is 0 Å². The minimum absolute atomic E-state index is 0.221. The lowest BCUT2D eigenvalue weighted by Gasteiger charge is -2.28. The lowest BCUT2D eigenvalue weighted by Crippen LogP contribution is -2.38. The molecular formula is C11H15NO. The Kier molecular flexibility index (Phi) is 2.34. The van der Waals surface area contributed by atoms with Crippen molar-refractivity contribution in [1.29, 1.82) is 0 Å². The molecule has 1 aliphatic rings. The molecule has 1 N–H and O–H groups in total. The molecule has 70 valence electrons. The fraction of sp³-hybridized carbons (Fsp3) is 0.455. The fourth-order valence-electron chi connectivity index (χ4n) is 1.96. The third kappa shape index (κ3) is 1.47. The van der Waals surface area contributed by atoms with E-state index in [2.05, 4.69) is 29.6 Å². The number of methoxy groups -OCH3 is 1. The van der Waals surface area contributed by atoms with Crippen molar-refractivity contribution in [3.63, 3.8) is 0 Å². The van der Waals surface area contributed by atoms with E-state index < -0.39 is 0 Å². The van der Waals surface area contributed by atoms with Gasteiger partial charge in [-0.15, -0.1) is 0 Å². The van der Waals surface area contributed by atoms with Gasteiger partial charge in [0.15, 0.2) is 0 Å². The summed E-state index contributed by atoms with van der Waals surface area (Å²) in [4.78, 5) is 0. The zero-order valence-electron chi connectivity index (χ0n) is 7.92. The lowest BCUT2D eigenvalue weighted by molar-refractivity contribution is -0.0286. The van der Waals surface area contributed by atoms with Gasteiger partial charge >= 0.3 is 0 Å². The quantitative estimate of drug-likeness (QED) is 0.744. The molecule has 0 spiro atoms. The summed E-state index contributed by atoms with van der Waals surface area (Å²) in [5, 5.41) is 3.41. The van der Waals surface area contributed by atoms with Gasteiger partial charge in [-0.2, -0.15) is 0 Å². The Morgan fingerprint density at radius 3 is 2.62 bits per heavy atom. The maximum Gasteiger partial charge on any atom is 0.144 e. The molecule has 2 heteroatoms. The summed E-state index contributed by atoms with van der Waals surface area (Å²) in [5.74, 6) is 0. The summed E-state index contributed by atoms with van der Waals surface area (Å²) in [7, 11) is 1.77. The Balaban J connectivity index is 2.31. The standard InChI is InChI=1S/C11H15NO/c1-13-11(8-5-9-12-11)10-6-3-2-4-7-10/h2-4,6-7,12H,5,8-9H2,1H3. The fourth-order valence-corrected chi connectivity index (χ4v) is 1.96. The van der Waals surface area contributed by atoms with Crippen LogP contribution in [0.4, 0.5) is 0 Å². The summed E-state index contributed by atoms with van der Waals surface area (Å²) in [5.41, 5.74) is 1.01. The molecule has 0 amide bonds. The van der Waals surface area contributed by atoms with Gasteiger partial charge in [0.25, 0.3) is 0 Å². The Labute approximate surface area is 78.9 Å². The molecule has 0 aliphatic carbocycles. The van der Waals surface area contributed by atoms with Gasteiger partial charge < -0.3 is 4.74 Å². The smallest absolute Gasteiger partial charge is 0.144 e. The van der Waals surface area contributed by atoms with Crippen molar-refractivity contribution in [2.75, 3.05) is 13.7 Å². The maximum atomic E-state index is 5.57. The topological polar surface area (TPSA) is 21.3 Å². The van der Waals surface area contributed by atoms with Gasteiger partial charge in [-0.3, -0.25) is 5.32 Å². The van der Waals surface area contributed by atoms with Gasteiger partial charge in [0.05, 0.1) is 0 Å². The van der Waals surface area contributed by atoms with E-state index in [1.807, 2.05) is 6.07 Å². The zero-order chi connectivity index (χ0) is 9.15. The van der Waals surface area contributed by atoms with Crippen LogP contribution in [0, 0.1) is 0 Å². The van der Waals surface area contributed by atoms with E-state index in [-0.39, 0.29) is 5.72 Å². The van der Waals surface area contributed by atoms with Gasteiger partial charge in [-0.1, -0.05) is 30.3 Å². The van der Waals surface area contributed by atoms with Crippen molar-refractivity contribution >= 4 is 0 Å². The predicted octanol–water partition coefficient (Wildman–Crippen LogP) is 1.87. The second-order valence-corrected chi connectivity index (χ2v) is 3.43. The van der Waals surface area contributed by atoms with Gasteiger partial charge in [0.2, 0.25) is 0 Å². The van der Waals surface area contributed by atoms with E-state index in [9.17, 15) is 0 Å². The van der Waals surface area contributed by atoms with Gasteiger partial charge in [-0.05, 0) is 24.9 Å². The highest BCUT2D eigenvalue weighted by Crippen LogP contribution is 2.30. The van der Waals surface area contributed by atoms with E-state index in [1.54, 1.807) is 7.11 Å². The molecule has 1 saturated heterocycles. The van der Waals surface area contributed by atoms with Crippen molar-refractivity contribution in [3.05, 3.63) is 35.9 Å². The molecule has 0 bridgehead atoms. The number of benzene rings is 1. The van der Waals surface area contributed by atoms with Gasteiger partial charge in [-0.25, -0.2) is 0 Å². The van der Waals surface area contributed by atoms with Gasteiger partial charge in [0.1, 0.15) is 5.72 Å². The summed E-state index contributed by atoms with van der Waals surface area (Å²) in [6.07, 6.45) is 2.25. The highest BCUT2D eigenvalue weighted by Gasteiger charge is 2.34. The summed E-state index contributed by atoms with van der Waals surface area (Å²) in [6.45, 7) is 1.04. The van der Waals surface area contributed by atoms with Crippen LogP contribution in [0.15, 0.2) is 30.3 Å². The first-order valence-electron chi connectivity index (χ1n) is 4.73. The zero-order valence-corrected chi connectivity index (χ0v) is 7.92. The minimum Gasteiger partial charge on any atom is -0.360 e. The first-order chi connectivity index (χ1) is 6.37. The third-order valence-corrected chi connectivity index (χ3v) is 2.70. The monoisotopic (exact) mass is 177 g/mol. The molecule has 13 heavy (non-hydrogen) atoms. The Bertz CT molecular complexity index is 265. The van der Waals surface area contributed by atoms with Crippen molar-refractivity contribution in [1.82, 2.24) is 5.32 Å². The molecule has 1 aliphatic heterocycles. The summed E-state index contributed by atoms with van der Waals surface area (Å²) in [6, 6.07) is 10.4. The van der Waals surface area contributed by atoms with E-state index >= 15 is 0 Å². The highest BCUT2D eigenvalue weighted by atomic mass is 16.5. The number of rotatable bonds is 2. The first-order valence-corrected chi connectivity index (χ1v) is 4.73. The van der Waals surface area contributed by atoms with Crippen LogP contribution in [-0.2, 0) is 10.5 Å². The van der Waals surface area contributed by atoms with Crippen LogP contribution in [0.1, 0.15) is 18.4 Å². The molecule has 1 aromatic carbocycles. The average Bonchev–Trinajstić information content (AvgIpc) is 2.69. The normalized spacial score (nSPS) is 27.8. The lowest BCUT2D eigenvalue weighted by atomic mass is 10.0. The second kappa shape index (κ2) is 3.48. The molecule has 0 radical (unpaired) electrons. The maximum absolute atomic E-state index is 5.57. The predicted molar refractivity (Wildman–Crippen MR) is 52.4 cm³/mol. The van der Waals surface area contributed by atoms with Crippen LogP contribution in [0.2, 0.25) is 0 Å². The Hall–Kier alpha value is -0.860. The third-order valence-electron chi connectivity index (χ3n) is 2.70. The molecule has 2 rings (SSSR count). The summed E-state index contributed by atoms with van der Waals surface area (Å²) >= 11 is 0. The van der Waals surface area contributed by atoms with Gasteiger partial charge in [0, 0.05) is 7.11 Å². The van der Waals surface area contributed by atoms with Crippen LogP contribution in [-0.4, -0.2) is 13.7 Å². The van der Waals surface area contributed by atoms with Crippen molar-refractivity contribution < 1.29 is 4.74 Å². The largest absolute Gasteiger partial charge is 0.360 e. The average molecular weight is 177 g/mol. The highest BCUT2D eigenvalue weighted by molar-refractivity contribution is 5.22. The molecule has 1 atom stereocenters. The molecule has 1 aromatic rings. The molecule has 1 heterocycles. The van der Waals surface area contributed by atoms with Crippen molar-refractivity contribution in [2.45, 2.75) is 18.6 Å². The minimum atomic E-state index is -0.221. The molecule has 0 aromatic heterocycles. The molecular weight excluding hydrogens is 162 g/mol. The number of hydrogen-bond donors (Lipinski definition) is 1. The Morgan fingerprint density at radius 1 is 1.31 bits per heavy atom. The SMILES string of the molecule is COC1(c2ccccc2)CCCN1. The Morgan fingerprint density at radius 2 is 2.08 bits per heavy atom. The van der Waals surface area contributed by atoms with E-state index in [0.717, 1.165) is 13.0 Å². The van der Waals surface area contributed by atoms with Crippen LogP contribution in [0.3, 0.4) is 0 Å². The van der Waals surface area contributed by atoms with Crippen molar-refractivity contribution in [3.8, 4) is 0 Å².